The fraction of sp³-hybridized carbons (Fsp3) is 0.381. The lowest BCUT2D eigenvalue weighted by atomic mass is 9.96. The smallest absolute Gasteiger partial charge is 0.224 e. The van der Waals surface area contributed by atoms with Crippen molar-refractivity contribution >= 4 is 5.91 Å². The van der Waals surface area contributed by atoms with Crippen LogP contribution in [0.4, 0.5) is 0 Å². The van der Waals surface area contributed by atoms with Gasteiger partial charge in [0.15, 0.2) is 0 Å². The third-order valence-corrected chi connectivity index (χ3v) is 4.67. The fourth-order valence-corrected chi connectivity index (χ4v) is 3.41. The van der Waals surface area contributed by atoms with Crippen LogP contribution in [0.25, 0.3) is 0 Å². The standard InChI is InChI=1S/C21H26N2O/c1-17-7-5-10-19(13-17)14-22-21(24)20-11-6-12-23(16-20)15-18-8-3-2-4-9-18/h2-5,7-10,13,20H,6,11-12,14-16H2,1H3,(H,22,24)/t20-/m1/s1. The quantitative estimate of drug-likeness (QED) is 0.913. The number of benzene rings is 2. The lowest BCUT2D eigenvalue weighted by Crippen LogP contribution is -2.42. The summed E-state index contributed by atoms with van der Waals surface area (Å²) in [6, 6.07) is 18.8. The molecule has 0 aliphatic carbocycles. The zero-order valence-electron chi connectivity index (χ0n) is 14.4. The average molecular weight is 322 g/mol. The second-order valence-electron chi connectivity index (χ2n) is 6.77. The molecule has 0 spiro atoms. The zero-order valence-corrected chi connectivity index (χ0v) is 14.4. The molecule has 2 aromatic rings. The Bertz CT molecular complexity index is 669. The summed E-state index contributed by atoms with van der Waals surface area (Å²) in [6.07, 6.45) is 2.08. The fourth-order valence-electron chi connectivity index (χ4n) is 3.41. The van der Waals surface area contributed by atoms with Crippen LogP contribution in [0.15, 0.2) is 54.6 Å². The summed E-state index contributed by atoms with van der Waals surface area (Å²) in [5, 5.41) is 3.11. The van der Waals surface area contributed by atoms with Crippen molar-refractivity contribution in [3.05, 3.63) is 71.3 Å². The van der Waals surface area contributed by atoms with Gasteiger partial charge in [0.25, 0.3) is 0 Å². The summed E-state index contributed by atoms with van der Waals surface area (Å²) < 4.78 is 0. The Balaban J connectivity index is 1.51. The third kappa shape index (κ3) is 4.68. The molecule has 2 aromatic carbocycles. The van der Waals surface area contributed by atoms with Gasteiger partial charge in [0.05, 0.1) is 5.92 Å². The zero-order chi connectivity index (χ0) is 16.8. The van der Waals surface area contributed by atoms with Crippen LogP contribution < -0.4 is 5.32 Å². The molecule has 1 aliphatic rings. The first-order valence-electron chi connectivity index (χ1n) is 8.80. The van der Waals surface area contributed by atoms with Gasteiger partial charge in [0.2, 0.25) is 5.91 Å². The Hall–Kier alpha value is -2.13. The SMILES string of the molecule is Cc1cccc(CNC(=O)[C@@H]2CCCN(Cc3ccccc3)C2)c1. The monoisotopic (exact) mass is 322 g/mol. The van der Waals surface area contributed by atoms with Crippen molar-refractivity contribution in [3.8, 4) is 0 Å². The summed E-state index contributed by atoms with van der Waals surface area (Å²) >= 11 is 0. The number of hydrogen-bond acceptors (Lipinski definition) is 2. The van der Waals surface area contributed by atoms with E-state index in [-0.39, 0.29) is 11.8 Å². The lowest BCUT2D eigenvalue weighted by Gasteiger charge is -2.32. The molecule has 24 heavy (non-hydrogen) atoms. The van der Waals surface area contributed by atoms with Gasteiger partial charge in [-0.15, -0.1) is 0 Å². The van der Waals surface area contributed by atoms with Crippen LogP contribution in [0.3, 0.4) is 0 Å². The van der Waals surface area contributed by atoms with Gasteiger partial charge in [-0.2, -0.15) is 0 Å². The predicted octanol–water partition coefficient (Wildman–Crippen LogP) is 3.52. The topological polar surface area (TPSA) is 32.3 Å². The van der Waals surface area contributed by atoms with Gasteiger partial charge in [-0.3, -0.25) is 9.69 Å². The summed E-state index contributed by atoms with van der Waals surface area (Å²) in [4.78, 5) is 14.9. The van der Waals surface area contributed by atoms with E-state index in [0.29, 0.717) is 6.54 Å². The van der Waals surface area contributed by atoms with Crippen molar-refractivity contribution in [1.29, 1.82) is 0 Å². The molecule has 1 heterocycles. The van der Waals surface area contributed by atoms with Gasteiger partial charge in [0.1, 0.15) is 0 Å². The minimum absolute atomic E-state index is 0.104. The molecule has 1 N–H and O–H groups in total. The molecule has 1 saturated heterocycles. The predicted molar refractivity (Wildman–Crippen MR) is 97.5 cm³/mol. The molecule has 3 rings (SSSR count). The molecular formula is C21H26N2O. The molecule has 0 bridgehead atoms. The highest BCUT2D eigenvalue weighted by Gasteiger charge is 2.25. The minimum Gasteiger partial charge on any atom is -0.352 e. The van der Waals surface area contributed by atoms with E-state index in [1.54, 1.807) is 0 Å². The first-order chi connectivity index (χ1) is 11.7. The minimum atomic E-state index is 0.104. The molecule has 1 aliphatic heterocycles. The van der Waals surface area contributed by atoms with E-state index in [1.807, 2.05) is 12.1 Å². The van der Waals surface area contributed by atoms with E-state index >= 15 is 0 Å². The van der Waals surface area contributed by atoms with E-state index in [0.717, 1.165) is 32.5 Å². The number of nitrogens with zero attached hydrogens (tertiary/aromatic N) is 1. The maximum atomic E-state index is 12.5. The van der Waals surface area contributed by atoms with Gasteiger partial charge in [-0.05, 0) is 37.4 Å². The molecule has 0 unspecified atom stereocenters. The Morgan fingerprint density at radius 3 is 2.71 bits per heavy atom. The number of nitrogens with one attached hydrogen (secondary N) is 1. The average Bonchev–Trinajstić information content (AvgIpc) is 2.61. The van der Waals surface area contributed by atoms with Gasteiger partial charge in [-0.1, -0.05) is 60.2 Å². The molecule has 3 heteroatoms. The number of rotatable bonds is 5. The van der Waals surface area contributed by atoms with E-state index in [4.69, 9.17) is 0 Å². The summed E-state index contributed by atoms with van der Waals surface area (Å²) in [6.45, 7) is 5.57. The Morgan fingerprint density at radius 1 is 1.12 bits per heavy atom. The maximum absolute atomic E-state index is 12.5. The summed E-state index contributed by atoms with van der Waals surface area (Å²) in [5.74, 6) is 0.293. The van der Waals surface area contributed by atoms with Gasteiger partial charge < -0.3 is 5.32 Å². The number of aryl methyl sites for hydroxylation is 1. The van der Waals surface area contributed by atoms with Crippen molar-refractivity contribution in [2.45, 2.75) is 32.9 Å². The largest absolute Gasteiger partial charge is 0.352 e. The van der Waals surface area contributed by atoms with Crippen LogP contribution in [0.2, 0.25) is 0 Å². The van der Waals surface area contributed by atoms with E-state index in [1.165, 1.54) is 16.7 Å². The first kappa shape index (κ1) is 16.7. The van der Waals surface area contributed by atoms with Crippen LogP contribution in [-0.2, 0) is 17.9 Å². The number of amides is 1. The van der Waals surface area contributed by atoms with Gasteiger partial charge in [-0.25, -0.2) is 0 Å². The van der Waals surface area contributed by atoms with Crippen molar-refractivity contribution in [2.75, 3.05) is 13.1 Å². The van der Waals surface area contributed by atoms with Gasteiger partial charge in [0, 0.05) is 19.6 Å². The molecule has 0 aromatic heterocycles. The Kier molecular flexibility index (Phi) is 5.65. The van der Waals surface area contributed by atoms with E-state index in [2.05, 4.69) is 59.6 Å². The van der Waals surface area contributed by atoms with Crippen LogP contribution in [0.5, 0.6) is 0 Å². The second-order valence-corrected chi connectivity index (χ2v) is 6.77. The van der Waals surface area contributed by atoms with Crippen LogP contribution in [0.1, 0.15) is 29.5 Å². The number of likely N-dealkylation sites (tertiary alicyclic amines) is 1. The van der Waals surface area contributed by atoms with E-state index in [9.17, 15) is 4.79 Å². The third-order valence-electron chi connectivity index (χ3n) is 4.67. The van der Waals surface area contributed by atoms with Crippen LogP contribution in [-0.4, -0.2) is 23.9 Å². The molecule has 0 radical (unpaired) electrons. The number of carbonyl (C=O) groups is 1. The number of piperidine rings is 1. The lowest BCUT2D eigenvalue weighted by molar-refractivity contribution is -0.126. The normalized spacial score (nSPS) is 18.3. The first-order valence-corrected chi connectivity index (χ1v) is 8.80. The molecule has 0 saturated carbocycles. The van der Waals surface area contributed by atoms with Crippen molar-refractivity contribution in [3.63, 3.8) is 0 Å². The number of hydrogen-bond donors (Lipinski definition) is 1. The molecule has 1 amide bonds. The Labute approximate surface area is 144 Å². The van der Waals surface area contributed by atoms with Crippen LogP contribution >= 0.6 is 0 Å². The van der Waals surface area contributed by atoms with E-state index < -0.39 is 0 Å². The maximum Gasteiger partial charge on any atom is 0.224 e. The molecule has 126 valence electrons. The van der Waals surface area contributed by atoms with Gasteiger partial charge >= 0.3 is 0 Å². The number of carbonyl (C=O) groups excluding carboxylic acids is 1. The second kappa shape index (κ2) is 8.11. The van der Waals surface area contributed by atoms with Crippen molar-refractivity contribution in [2.24, 2.45) is 5.92 Å². The molecule has 1 atom stereocenters. The van der Waals surface area contributed by atoms with Crippen molar-refractivity contribution in [1.82, 2.24) is 10.2 Å². The highest BCUT2D eigenvalue weighted by molar-refractivity contribution is 5.79. The highest BCUT2D eigenvalue weighted by atomic mass is 16.1. The van der Waals surface area contributed by atoms with Crippen LogP contribution in [0, 0.1) is 12.8 Å². The highest BCUT2D eigenvalue weighted by Crippen LogP contribution is 2.19. The summed E-state index contributed by atoms with van der Waals surface area (Å²) in [5.41, 5.74) is 3.71. The molecule has 1 fully saturated rings. The molecular weight excluding hydrogens is 296 g/mol. The Morgan fingerprint density at radius 2 is 1.92 bits per heavy atom. The molecule has 3 nitrogen and oxygen atoms in total. The summed E-state index contributed by atoms with van der Waals surface area (Å²) in [7, 11) is 0. The van der Waals surface area contributed by atoms with Crippen molar-refractivity contribution < 1.29 is 4.79 Å².